The Hall–Kier alpha value is -1.06. The molecule has 0 aliphatic heterocycles. The fraction of sp³-hybridized carbons (Fsp3) is 0.818. The number of unbranched alkanes of at least 4 members (excludes halogenated alkanes) is 1. The van der Waals surface area contributed by atoms with Gasteiger partial charge in [-0.15, -0.1) is 0 Å². The van der Waals surface area contributed by atoms with Crippen molar-refractivity contribution < 1.29 is 9.90 Å². The summed E-state index contributed by atoms with van der Waals surface area (Å²) in [6.45, 7) is 2.87. The number of hydrogen-bond donors (Lipinski definition) is 1. The van der Waals surface area contributed by atoms with Gasteiger partial charge >= 0.3 is 5.97 Å². The first kappa shape index (κ1) is 13.9. The molecule has 0 aromatic heterocycles. The maximum atomic E-state index is 10.3. The number of carbonyl (C=O) groups is 1. The molecule has 0 aromatic carbocycles. The van der Waals surface area contributed by atoms with Gasteiger partial charge in [0.15, 0.2) is 0 Å². The van der Waals surface area contributed by atoms with Crippen molar-refractivity contribution in [2.75, 3.05) is 20.6 Å². The maximum absolute atomic E-state index is 10.3. The number of nitrogens with zero attached hydrogens (tertiary/aromatic N) is 2. The first-order chi connectivity index (χ1) is 7.07. The van der Waals surface area contributed by atoms with Crippen LogP contribution in [0.15, 0.2) is 4.99 Å². The Labute approximate surface area is 92.0 Å². The van der Waals surface area contributed by atoms with Gasteiger partial charge in [-0.3, -0.25) is 9.79 Å². The number of rotatable bonds is 7. The van der Waals surface area contributed by atoms with Gasteiger partial charge in [-0.25, -0.2) is 0 Å². The van der Waals surface area contributed by atoms with Crippen LogP contribution in [0.4, 0.5) is 0 Å². The van der Waals surface area contributed by atoms with Crippen LogP contribution in [-0.2, 0) is 4.79 Å². The summed E-state index contributed by atoms with van der Waals surface area (Å²) in [5, 5.41) is 8.45. The molecule has 0 aliphatic rings. The Bertz CT molecular complexity index is 213. The molecule has 0 bridgehead atoms. The molecule has 15 heavy (non-hydrogen) atoms. The van der Waals surface area contributed by atoms with Crippen LogP contribution in [0, 0.1) is 0 Å². The highest BCUT2D eigenvalue weighted by atomic mass is 16.4. The van der Waals surface area contributed by atoms with E-state index in [2.05, 4.69) is 11.9 Å². The Kier molecular flexibility index (Phi) is 7.68. The molecule has 0 heterocycles. The summed E-state index contributed by atoms with van der Waals surface area (Å²) in [4.78, 5) is 16.8. The summed E-state index contributed by atoms with van der Waals surface area (Å²) in [7, 11) is 3.98. The molecular weight excluding hydrogens is 192 g/mol. The van der Waals surface area contributed by atoms with Crippen molar-refractivity contribution >= 4 is 11.8 Å². The molecule has 0 amide bonds. The predicted molar refractivity (Wildman–Crippen MR) is 62.4 cm³/mol. The Balaban J connectivity index is 3.74. The first-order valence-corrected chi connectivity index (χ1v) is 5.50. The van der Waals surface area contributed by atoms with E-state index in [-0.39, 0.29) is 6.42 Å². The van der Waals surface area contributed by atoms with E-state index >= 15 is 0 Å². The highest BCUT2D eigenvalue weighted by Crippen LogP contribution is 1.99. The lowest BCUT2D eigenvalue weighted by Gasteiger charge is -2.14. The largest absolute Gasteiger partial charge is 0.481 e. The third kappa shape index (κ3) is 7.97. The molecule has 0 fully saturated rings. The summed E-state index contributed by atoms with van der Waals surface area (Å²) in [5.41, 5.74) is 0. The van der Waals surface area contributed by atoms with E-state index in [9.17, 15) is 4.79 Å². The van der Waals surface area contributed by atoms with E-state index in [1.54, 1.807) is 0 Å². The quantitative estimate of drug-likeness (QED) is 0.400. The van der Waals surface area contributed by atoms with E-state index in [4.69, 9.17) is 5.11 Å². The fourth-order valence-corrected chi connectivity index (χ4v) is 1.26. The molecule has 0 aromatic rings. The minimum atomic E-state index is -0.722. The molecule has 0 aliphatic carbocycles. The van der Waals surface area contributed by atoms with Gasteiger partial charge in [0.1, 0.15) is 0 Å². The molecule has 88 valence electrons. The molecule has 0 radical (unpaired) electrons. The molecule has 4 heteroatoms. The normalized spacial score (nSPS) is 11.5. The van der Waals surface area contributed by atoms with Crippen molar-refractivity contribution in [3.8, 4) is 0 Å². The zero-order valence-corrected chi connectivity index (χ0v) is 9.99. The number of carboxylic acids is 1. The third-order valence-electron chi connectivity index (χ3n) is 2.08. The summed E-state index contributed by atoms with van der Waals surface area (Å²) < 4.78 is 0. The minimum absolute atomic E-state index is 0.251. The van der Waals surface area contributed by atoms with Gasteiger partial charge in [0.25, 0.3) is 0 Å². The van der Waals surface area contributed by atoms with E-state index in [0.29, 0.717) is 6.42 Å². The van der Waals surface area contributed by atoms with Crippen LogP contribution < -0.4 is 0 Å². The average molecular weight is 214 g/mol. The Morgan fingerprint density at radius 3 is 2.40 bits per heavy atom. The van der Waals surface area contributed by atoms with Gasteiger partial charge in [-0.05, 0) is 19.3 Å². The van der Waals surface area contributed by atoms with Gasteiger partial charge in [0.05, 0.1) is 5.84 Å². The second kappa shape index (κ2) is 8.26. The van der Waals surface area contributed by atoms with Gasteiger partial charge in [-0.1, -0.05) is 6.92 Å². The van der Waals surface area contributed by atoms with Gasteiger partial charge in [0, 0.05) is 33.5 Å². The second-order valence-corrected chi connectivity index (χ2v) is 3.79. The van der Waals surface area contributed by atoms with Crippen molar-refractivity contribution in [2.24, 2.45) is 4.99 Å². The van der Waals surface area contributed by atoms with Crippen LogP contribution in [-0.4, -0.2) is 42.5 Å². The molecule has 4 nitrogen and oxygen atoms in total. The lowest BCUT2D eigenvalue weighted by Crippen LogP contribution is -2.22. The summed E-state index contributed by atoms with van der Waals surface area (Å²) in [6, 6.07) is 0. The predicted octanol–water partition coefficient (Wildman–Crippen LogP) is 2.00. The molecule has 0 atom stereocenters. The van der Waals surface area contributed by atoms with Crippen LogP contribution in [0.2, 0.25) is 0 Å². The molecular formula is C11H22N2O2. The lowest BCUT2D eigenvalue weighted by molar-refractivity contribution is -0.137. The van der Waals surface area contributed by atoms with E-state index in [0.717, 1.165) is 31.6 Å². The zero-order valence-electron chi connectivity index (χ0n) is 9.99. The van der Waals surface area contributed by atoms with Crippen molar-refractivity contribution in [3.05, 3.63) is 0 Å². The van der Waals surface area contributed by atoms with Crippen LogP contribution >= 0.6 is 0 Å². The highest BCUT2D eigenvalue weighted by Gasteiger charge is 2.00. The lowest BCUT2D eigenvalue weighted by atomic mass is 10.2. The van der Waals surface area contributed by atoms with Crippen LogP contribution in [0.3, 0.4) is 0 Å². The number of amidine groups is 1. The molecule has 0 unspecified atom stereocenters. The topological polar surface area (TPSA) is 52.9 Å². The zero-order chi connectivity index (χ0) is 11.7. The molecule has 0 saturated heterocycles. The van der Waals surface area contributed by atoms with E-state index < -0.39 is 5.97 Å². The van der Waals surface area contributed by atoms with Crippen molar-refractivity contribution in [2.45, 2.75) is 39.0 Å². The summed E-state index contributed by atoms with van der Waals surface area (Å²) in [5.74, 6) is 0.383. The molecule has 0 spiro atoms. The summed E-state index contributed by atoms with van der Waals surface area (Å²) in [6.07, 6.45) is 3.90. The van der Waals surface area contributed by atoms with Gasteiger partial charge < -0.3 is 10.0 Å². The fourth-order valence-electron chi connectivity index (χ4n) is 1.26. The smallest absolute Gasteiger partial charge is 0.303 e. The van der Waals surface area contributed by atoms with E-state index in [1.807, 2.05) is 19.0 Å². The number of aliphatic imine (C=N–C) groups is 1. The standard InChI is InChI=1S/C11H22N2O2/c1-4-7-10(13(2)3)12-9-6-5-8-11(14)15/h4-9H2,1-3H3,(H,14,15). The second-order valence-electron chi connectivity index (χ2n) is 3.79. The Morgan fingerprint density at radius 1 is 1.27 bits per heavy atom. The van der Waals surface area contributed by atoms with Crippen LogP contribution in [0.25, 0.3) is 0 Å². The van der Waals surface area contributed by atoms with E-state index in [1.165, 1.54) is 0 Å². The Morgan fingerprint density at radius 2 is 1.93 bits per heavy atom. The monoisotopic (exact) mass is 214 g/mol. The van der Waals surface area contributed by atoms with Gasteiger partial charge in [-0.2, -0.15) is 0 Å². The average Bonchev–Trinajstić information content (AvgIpc) is 2.15. The van der Waals surface area contributed by atoms with Crippen LogP contribution in [0.1, 0.15) is 39.0 Å². The molecule has 0 rings (SSSR count). The third-order valence-corrected chi connectivity index (χ3v) is 2.08. The van der Waals surface area contributed by atoms with Crippen molar-refractivity contribution in [3.63, 3.8) is 0 Å². The number of hydrogen-bond acceptors (Lipinski definition) is 2. The van der Waals surface area contributed by atoms with Crippen molar-refractivity contribution in [1.82, 2.24) is 4.90 Å². The number of aliphatic carboxylic acids is 1. The maximum Gasteiger partial charge on any atom is 0.303 e. The molecule has 0 saturated carbocycles. The minimum Gasteiger partial charge on any atom is -0.481 e. The van der Waals surface area contributed by atoms with Crippen molar-refractivity contribution in [1.29, 1.82) is 0 Å². The first-order valence-electron chi connectivity index (χ1n) is 5.50. The number of carboxylic acid groups (broad SMARTS) is 1. The highest BCUT2D eigenvalue weighted by molar-refractivity contribution is 5.81. The van der Waals surface area contributed by atoms with Crippen LogP contribution in [0.5, 0.6) is 0 Å². The molecule has 1 N–H and O–H groups in total. The SMILES string of the molecule is CCCC(=NCCCCC(=O)O)N(C)C. The van der Waals surface area contributed by atoms with Gasteiger partial charge in [0.2, 0.25) is 0 Å². The summed E-state index contributed by atoms with van der Waals surface area (Å²) >= 11 is 0.